The Hall–Kier alpha value is -1.04. The van der Waals surface area contributed by atoms with Crippen LogP contribution in [0.1, 0.15) is 6.92 Å². The van der Waals surface area contributed by atoms with Crippen molar-refractivity contribution < 1.29 is 17.9 Å². The van der Waals surface area contributed by atoms with Gasteiger partial charge in [0.15, 0.2) is 0 Å². The van der Waals surface area contributed by atoms with Crippen molar-refractivity contribution >= 4 is 12.6 Å². The van der Waals surface area contributed by atoms with Crippen LogP contribution in [0.5, 0.6) is 0 Å². The van der Waals surface area contributed by atoms with Crippen molar-refractivity contribution in [2.24, 2.45) is 5.73 Å². The van der Waals surface area contributed by atoms with E-state index in [-0.39, 0.29) is 11.3 Å². The first-order valence-electron chi connectivity index (χ1n) is 3.75. The second kappa shape index (κ2) is 7.28. The highest BCUT2D eigenvalue weighted by atomic mass is 32.1. The summed E-state index contributed by atoms with van der Waals surface area (Å²) >= 11 is 3.53. The Morgan fingerprint density at radius 2 is 1.73 bits per heavy atom. The van der Waals surface area contributed by atoms with E-state index in [1.54, 1.807) is 6.26 Å². The molecule has 0 unspecified atom stereocenters. The number of allylic oxidation sites excluding steroid dienone is 2. The van der Waals surface area contributed by atoms with Crippen molar-refractivity contribution in [1.29, 1.82) is 0 Å². The van der Waals surface area contributed by atoms with Gasteiger partial charge in [0.2, 0.25) is 0 Å². The van der Waals surface area contributed by atoms with E-state index in [4.69, 9.17) is 5.73 Å². The quantitative estimate of drug-likeness (QED) is 0.452. The fraction of sp³-hybridized carbons (Fsp3) is 0.333. The van der Waals surface area contributed by atoms with Gasteiger partial charge >= 0.3 is 6.36 Å². The minimum Gasteiger partial charge on any atom is -0.405 e. The molecule has 0 aromatic carbocycles. The van der Waals surface area contributed by atoms with Gasteiger partial charge in [0.25, 0.3) is 0 Å². The van der Waals surface area contributed by atoms with Crippen LogP contribution < -0.4 is 5.73 Å². The molecule has 15 heavy (non-hydrogen) atoms. The highest BCUT2D eigenvalue weighted by Gasteiger charge is 2.32. The van der Waals surface area contributed by atoms with Gasteiger partial charge in [-0.15, -0.1) is 13.2 Å². The third-order valence-electron chi connectivity index (χ3n) is 0.963. The molecule has 0 aliphatic rings. The van der Waals surface area contributed by atoms with Gasteiger partial charge in [-0.3, -0.25) is 0 Å². The maximum Gasteiger partial charge on any atom is 0.573 e. The van der Waals surface area contributed by atoms with Crippen LogP contribution in [-0.2, 0) is 4.74 Å². The van der Waals surface area contributed by atoms with Crippen LogP contribution in [0.3, 0.4) is 0 Å². The number of thiol groups is 1. The Kier molecular flexibility index (Phi) is 7.95. The summed E-state index contributed by atoms with van der Waals surface area (Å²) in [4.78, 5) is 0. The lowest BCUT2D eigenvalue weighted by Crippen LogP contribution is -2.14. The Morgan fingerprint density at radius 1 is 1.33 bits per heavy atom. The van der Waals surface area contributed by atoms with Crippen LogP contribution >= 0.6 is 12.6 Å². The molecule has 2 nitrogen and oxygen atoms in total. The molecule has 0 aromatic heterocycles. The average Bonchev–Trinajstić information content (AvgIpc) is 2.03. The van der Waals surface area contributed by atoms with Gasteiger partial charge in [-0.25, -0.2) is 0 Å². The number of nitrogens with two attached hydrogens (primary N) is 1. The number of hydrogen-bond acceptors (Lipinski definition) is 3. The van der Waals surface area contributed by atoms with E-state index in [2.05, 4.69) is 30.5 Å². The molecular weight excluding hydrogens is 227 g/mol. The maximum atomic E-state index is 11.7. The molecule has 0 aromatic rings. The summed E-state index contributed by atoms with van der Waals surface area (Å²) in [6.07, 6.45) is -2.07. The largest absolute Gasteiger partial charge is 0.573 e. The van der Waals surface area contributed by atoms with Crippen molar-refractivity contribution in [3.63, 3.8) is 0 Å². The van der Waals surface area contributed by atoms with Crippen LogP contribution in [-0.4, -0.2) is 12.6 Å². The average molecular weight is 241 g/mol. The second-order valence-corrected chi connectivity index (χ2v) is 2.41. The molecule has 0 radical (unpaired) electrons. The van der Waals surface area contributed by atoms with Crippen molar-refractivity contribution in [2.45, 2.75) is 13.3 Å². The van der Waals surface area contributed by atoms with Gasteiger partial charge in [0.05, 0.1) is 0 Å². The first-order valence-corrected chi connectivity index (χ1v) is 4.64. The van der Waals surface area contributed by atoms with Gasteiger partial charge in [-0.1, -0.05) is 13.2 Å². The monoisotopic (exact) mass is 241 g/mol. The highest BCUT2D eigenvalue weighted by Crippen LogP contribution is 2.24. The van der Waals surface area contributed by atoms with E-state index < -0.39 is 12.1 Å². The molecule has 0 amide bonds. The smallest absolute Gasteiger partial charge is 0.405 e. The molecule has 0 atom stereocenters. The first kappa shape index (κ1) is 16.4. The number of alkyl halides is 3. The molecule has 0 fully saturated rings. The number of hydrogen-bond donors (Lipinski definition) is 2. The van der Waals surface area contributed by atoms with Gasteiger partial charge in [-0.2, -0.15) is 12.6 Å². The zero-order chi connectivity index (χ0) is 12.6. The molecule has 88 valence electrons. The summed E-state index contributed by atoms with van der Waals surface area (Å²) in [5.41, 5.74) is 5.19. The van der Waals surface area contributed by atoms with E-state index in [0.717, 1.165) is 6.08 Å². The van der Waals surface area contributed by atoms with Gasteiger partial charge in [-0.05, 0) is 18.8 Å². The van der Waals surface area contributed by atoms with Gasteiger partial charge in [0.1, 0.15) is 5.76 Å². The second-order valence-electron chi connectivity index (χ2n) is 2.41. The van der Waals surface area contributed by atoms with Gasteiger partial charge in [0, 0.05) is 11.8 Å². The summed E-state index contributed by atoms with van der Waals surface area (Å²) in [6.45, 7) is 7.90. The van der Waals surface area contributed by atoms with Crippen LogP contribution in [0.15, 0.2) is 36.3 Å². The molecule has 0 saturated carbocycles. The normalized spacial score (nSPS) is 11.2. The minimum absolute atomic E-state index is 0.0257. The number of rotatable bonds is 3. The Morgan fingerprint density at radius 3 is 1.93 bits per heavy atom. The molecule has 0 aliphatic heterocycles. The molecule has 0 saturated heterocycles. The number of halogens is 3. The Bertz CT molecular complexity index is 259. The standard InChI is InChI=1S/C8H10F3NO.CH4S/c1-5(2)7(4-6(3)12)13-8(9,10)11;1-2/h4H,1,3,12H2,2H3;2H,1H3/b7-4+;. The fourth-order valence-electron chi connectivity index (χ4n) is 0.533. The lowest BCUT2D eigenvalue weighted by atomic mass is 10.2. The summed E-state index contributed by atoms with van der Waals surface area (Å²) in [7, 11) is 0. The fourth-order valence-corrected chi connectivity index (χ4v) is 0.533. The number of ether oxygens (including phenoxy) is 1. The molecule has 0 rings (SSSR count). The molecule has 0 bridgehead atoms. The molecule has 0 aliphatic carbocycles. The van der Waals surface area contributed by atoms with Crippen LogP contribution in [0.2, 0.25) is 0 Å². The third kappa shape index (κ3) is 10.9. The summed E-state index contributed by atoms with van der Waals surface area (Å²) in [5, 5.41) is 0. The highest BCUT2D eigenvalue weighted by molar-refractivity contribution is 7.79. The predicted octanol–water partition coefficient (Wildman–Crippen LogP) is 3.00. The molecule has 2 N–H and O–H groups in total. The lowest BCUT2D eigenvalue weighted by molar-refractivity contribution is -0.303. The van der Waals surface area contributed by atoms with Crippen LogP contribution in [0.25, 0.3) is 0 Å². The minimum atomic E-state index is -4.74. The van der Waals surface area contributed by atoms with Gasteiger partial charge < -0.3 is 10.5 Å². The van der Waals surface area contributed by atoms with Crippen molar-refractivity contribution in [1.82, 2.24) is 0 Å². The molecule has 6 heteroatoms. The summed E-state index contributed by atoms with van der Waals surface area (Å²) in [5.74, 6) is -0.431. The molecular formula is C9H14F3NOS. The van der Waals surface area contributed by atoms with Crippen LogP contribution in [0.4, 0.5) is 13.2 Å². The first-order chi connectivity index (χ1) is 6.72. The third-order valence-corrected chi connectivity index (χ3v) is 0.963. The van der Waals surface area contributed by atoms with E-state index in [9.17, 15) is 13.2 Å². The molecule has 0 heterocycles. The SMILES string of the molecule is C=C(N)/C=C(/OC(F)(F)F)C(=C)C.CS. The van der Waals surface area contributed by atoms with Crippen molar-refractivity contribution in [2.75, 3.05) is 6.26 Å². The lowest BCUT2D eigenvalue weighted by Gasteiger charge is -2.12. The topological polar surface area (TPSA) is 35.2 Å². The van der Waals surface area contributed by atoms with Crippen molar-refractivity contribution in [3.8, 4) is 0 Å². The summed E-state index contributed by atoms with van der Waals surface area (Å²) in [6, 6.07) is 0. The predicted molar refractivity (Wildman–Crippen MR) is 58.3 cm³/mol. The van der Waals surface area contributed by atoms with Crippen LogP contribution in [0, 0.1) is 0 Å². The van der Waals surface area contributed by atoms with E-state index in [1.807, 2.05) is 0 Å². The zero-order valence-electron chi connectivity index (χ0n) is 8.56. The maximum absolute atomic E-state index is 11.7. The summed E-state index contributed by atoms with van der Waals surface area (Å²) < 4.78 is 38.9. The Balaban J connectivity index is 0. The molecule has 0 spiro atoms. The zero-order valence-corrected chi connectivity index (χ0v) is 9.45. The Labute approximate surface area is 92.7 Å². The van der Waals surface area contributed by atoms with Crippen molar-refractivity contribution in [3.05, 3.63) is 36.3 Å². The van der Waals surface area contributed by atoms with E-state index in [1.165, 1.54) is 6.92 Å². The van der Waals surface area contributed by atoms with E-state index >= 15 is 0 Å². The van der Waals surface area contributed by atoms with E-state index in [0.29, 0.717) is 0 Å².